The van der Waals surface area contributed by atoms with Gasteiger partial charge in [0.1, 0.15) is 6.10 Å². The summed E-state index contributed by atoms with van der Waals surface area (Å²) in [5, 5.41) is 19.9. The molecule has 0 aromatic carbocycles. The van der Waals surface area contributed by atoms with Crippen LogP contribution in [0, 0.1) is 22.7 Å². The van der Waals surface area contributed by atoms with E-state index >= 15 is 0 Å². The van der Waals surface area contributed by atoms with Gasteiger partial charge in [0.2, 0.25) is 5.88 Å². The first kappa shape index (κ1) is 12.8. The number of methoxy groups -OCH3 is 1. The van der Waals surface area contributed by atoms with Crippen molar-refractivity contribution in [1.29, 1.82) is 5.26 Å². The van der Waals surface area contributed by atoms with E-state index in [4.69, 9.17) is 4.74 Å². The Bertz CT molecular complexity index is 469. The summed E-state index contributed by atoms with van der Waals surface area (Å²) < 4.78 is 5.05. The van der Waals surface area contributed by atoms with Gasteiger partial charge in [0.25, 0.3) is 0 Å². The molecule has 0 spiro atoms. The Balaban J connectivity index is 2.29. The van der Waals surface area contributed by atoms with E-state index in [0.29, 0.717) is 17.5 Å². The lowest BCUT2D eigenvalue weighted by molar-refractivity contribution is 0.0605. The number of aromatic nitrogens is 1. The van der Waals surface area contributed by atoms with E-state index < -0.39 is 11.5 Å². The fourth-order valence-electron chi connectivity index (χ4n) is 2.72. The third kappa shape index (κ3) is 2.19. The minimum atomic E-state index is -0.845. The number of aliphatic hydroxyl groups excluding tert-OH is 1. The van der Waals surface area contributed by atoms with Crippen molar-refractivity contribution in [3.05, 3.63) is 23.9 Å². The summed E-state index contributed by atoms with van der Waals surface area (Å²) in [6, 6.07) is 7.57. The fourth-order valence-corrected chi connectivity index (χ4v) is 2.72. The number of nitriles is 1. The predicted octanol–water partition coefficient (Wildman–Crippen LogP) is 2.45. The second kappa shape index (κ2) is 4.95. The number of hydrogen-bond donors (Lipinski definition) is 1. The summed E-state index contributed by atoms with van der Waals surface area (Å²) >= 11 is 0. The van der Waals surface area contributed by atoms with Gasteiger partial charge in [-0.3, -0.25) is 0 Å². The highest BCUT2D eigenvalue weighted by Crippen LogP contribution is 2.49. The standard InChI is InChI=1S/C14H18N2O2/c1-10-6-7-14(8-10,9-15)13(17)11-4-3-5-12(16-11)18-2/h3-5,10,13,17H,6-8H2,1-2H3. The highest BCUT2D eigenvalue weighted by atomic mass is 16.5. The van der Waals surface area contributed by atoms with Gasteiger partial charge in [0.05, 0.1) is 24.3 Å². The molecule has 1 N–H and O–H groups in total. The Kier molecular flexibility index (Phi) is 3.53. The van der Waals surface area contributed by atoms with Crippen molar-refractivity contribution in [2.24, 2.45) is 11.3 Å². The summed E-state index contributed by atoms with van der Waals surface area (Å²) in [6.45, 7) is 2.12. The number of rotatable bonds is 3. The van der Waals surface area contributed by atoms with Gasteiger partial charge in [0.15, 0.2) is 0 Å². The topological polar surface area (TPSA) is 66.1 Å². The van der Waals surface area contributed by atoms with E-state index in [2.05, 4.69) is 18.0 Å². The summed E-state index contributed by atoms with van der Waals surface area (Å²) in [5.74, 6) is 0.940. The van der Waals surface area contributed by atoms with Crippen molar-refractivity contribution in [3.8, 4) is 11.9 Å². The average molecular weight is 246 g/mol. The molecule has 1 aromatic rings. The van der Waals surface area contributed by atoms with Crippen LogP contribution < -0.4 is 4.74 Å². The van der Waals surface area contributed by atoms with Crippen molar-refractivity contribution in [1.82, 2.24) is 4.98 Å². The third-order valence-electron chi connectivity index (χ3n) is 3.78. The molecule has 0 amide bonds. The zero-order valence-corrected chi connectivity index (χ0v) is 10.8. The highest BCUT2D eigenvalue weighted by Gasteiger charge is 2.45. The Labute approximate surface area is 107 Å². The van der Waals surface area contributed by atoms with Crippen LogP contribution in [0.25, 0.3) is 0 Å². The molecule has 1 aliphatic rings. The van der Waals surface area contributed by atoms with Gasteiger partial charge in [-0.05, 0) is 31.2 Å². The largest absolute Gasteiger partial charge is 0.481 e. The van der Waals surface area contributed by atoms with Crippen LogP contribution in [0.1, 0.15) is 38.0 Å². The lowest BCUT2D eigenvalue weighted by atomic mass is 9.79. The van der Waals surface area contributed by atoms with Gasteiger partial charge in [-0.15, -0.1) is 0 Å². The molecule has 2 rings (SSSR count). The zero-order chi connectivity index (χ0) is 13.2. The van der Waals surface area contributed by atoms with Crippen LogP contribution in [0.4, 0.5) is 0 Å². The summed E-state index contributed by atoms with van der Waals surface area (Å²) in [7, 11) is 1.54. The van der Waals surface area contributed by atoms with Crippen LogP contribution in [0.5, 0.6) is 5.88 Å². The Morgan fingerprint density at radius 3 is 2.94 bits per heavy atom. The predicted molar refractivity (Wildman–Crippen MR) is 66.8 cm³/mol. The number of hydrogen-bond acceptors (Lipinski definition) is 4. The number of pyridine rings is 1. The maximum atomic E-state index is 10.5. The monoisotopic (exact) mass is 246 g/mol. The van der Waals surface area contributed by atoms with Crippen molar-refractivity contribution in [2.75, 3.05) is 7.11 Å². The summed E-state index contributed by atoms with van der Waals surface area (Å²) in [6.07, 6.45) is 1.59. The van der Waals surface area contributed by atoms with Crippen LogP contribution in [0.3, 0.4) is 0 Å². The first-order valence-corrected chi connectivity index (χ1v) is 6.21. The molecule has 3 unspecified atom stereocenters. The Morgan fingerprint density at radius 1 is 1.61 bits per heavy atom. The fraction of sp³-hybridized carbons (Fsp3) is 0.571. The van der Waals surface area contributed by atoms with Crippen LogP contribution >= 0.6 is 0 Å². The molecule has 96 valence electrons. The Hall–Kier alpha value is -1.60. The summed E-state index contributed by atoms with van der Waals surface area (Å²) in [5.41, 5.74) is -0.177. The van der Waals surface area contributed by atoms with Crippen molar-refractivity contribution < 1.29 is 9.84 Å². The zero-order valence-electron chi connectivity index (χ0n) is 10.8. The van der Waals surface area contributed by atoms with Gasteiger partial charge < -0.3 is 9.84 Å². The molecular weight excluding hydrogens is 228 g/mol. The molecule has 1 saturated carbocycles. The number of aliphatic hydroxyl groups is 1. The maximum absolute atomic E-state index is 10.5. The molecule has 1 aliphatic carbocycles. The van der Waals surface area contributed by atoms with Crippen LogP contribution in [-0.2, 0) is 0 Å². The molecule has 0 radical (unpaired) electrons. The molecule has 4 heteroatoms. The van der Waals surface area contributed by atoms with E-state index in [0.717, 1.165) is 19.3 Å². The van der Waals surface area contributed by atoms with E-state index in [-0.39, 0.29) is 0 Å². The van der Waals surface area contributed by atoms with Gasteiger partial charge in [-0.1, -0.05) is 13.0 Å². The molecule has 4 nitrogen and oxygen atoms in total. The molecule has 18 heavy (non-hydrogen) atoms. The second-order valence-corrected chi connectivity index (χ2v) is 5.12. The smallest absolute Gasteiger partial charge is 0.213 e. The van der Waals surface area contributed by atoms with Gasteiger partial charge in [-0.2, -0.15) is 5.26 Å². The Morgan fingerprint density at radius 2 is 2.39 bits per heavy atom. The van der Waals surface area contributed by atoms with Crippen LogP contribution in [-0.4, -0.2) is 17.2 Å². The van der Waals surface area contributed by atoms with E-state index in [1.54, 1.807) is 18.2 Å². The summed E-state index contributed by atoms with van der Waals surface area (Å²) in [4.78, 5) is 4.23. The molecular formula is C14H18N2O2. The molecule has 0 bridgehead atoms. The van der Waals surface area contributed by atoms with E-state index in [1.165, 1.54) is 7.11 Å². The van der Waals surface area contributed by atoms with Gasteiger partial charge in [-0.25, -0.2) is 4.98 Å². The van der Waals surface area contributed by atoms with Crippen LogP contribution in [0.2, 0.25) is 0 Å². The quantitative estimate of drug-likeness (QED) is 0.889. The molecule has 3 atom stereocenters. The second-order valence-electron chi connectivity index (χ2n) is 5.12. The molecule has 1 fully saturated rings. The third-order valence-corrected chi connectivity index (χ3v) is 3.78. The number of ether oxygens (including phenoxy) is 1. The lowest BCUT2D eigenvalue weighted by Crippen LogP contribution is -2.25. The van der Waals surface area contributed by atoms with Crippen molar-refractivity contribution in [2.45, 2.75) is 32.3 Å². The van der Waals surface area contributed by atoms with E-state index in [1.807, 2.05) is 0 Å². The molecule has 1 heterocycles. The van der Waals surface area contributed by atoms with Crippen molar-refractivity contribution in [3.63, 3.8) is 0 Å². The van der Waals surface area contributed by atoms with Gasteiger partial charge >= 0.3 is 0 Å². The average Bonchev–Trinajstić information content (AvgIpc) is 2.81. The first-order chi connectivity index (χ1) is 8.61. The first-order valence-electron chi connectivity index (χ1n) is 6.21. The minimum absolute atomic E-state index is 0.464. The molecule has 0 saturated heterocycles. The molecule has 0 aliphatic heterocycles. The maximum Gasteiger partial charge on any atom is 0.213 e. The number of nitrogens with zero attached hydrogens (tertiary/aromatic N) is 2. The highest BCUT2D eigenvalue weighted by molar-refractivity contribution is 5.22. The SMILES string of the molecule is COc1cccc(C(O)C2(C#N)CCC(C)C2)n1. The normalized spacial score (nSPS) is 28.7. The lowest BCUT2D eigenvalue weighted by Gasteiger charge is -2.26. The van der Waals surface area contributed by atoms with E-state index in [9.17, 15) is 10.4 Å². The van der Waals surface area contributed by atoms with Crippen molar-refractivity contribution >= 4 is 0 Å². The minimum Gasteiger partial charge on any atom is -0.481 e. The van der Waals surface area contributed by atoms with Crippen LogP contribution in [0.15, 0.2) is 18.2 Å². The van der Waals surface area contributed by atoms with Gasteiger partial charge in [0, 0.05) is 6.07 Å². The molecule has 1 aromatic heterocycles.